The quantitative estimate of drug-likeness (QED) is 0.788. The predicted octanol–water partition coefficient (Wildman–Crippen LogP) is 1.76. The zero-order chi connectivity index (χ0) is 18.3. The van der Waals surface area contributed by atoms with Crippen molar-refractivity contribution in [2.24, 2.45) is 0 Å². The third kappa shape index (κ3) is 5.56. The maximum Gasteiger partial charge on any atom is 0.417 e. The fourth-order valence-corrected chi connectivity index (χ4v) is 2.02. The number of benzene rings is 1. The molecule has 0 fully saturated rings. The summed E-state index contributed by atoms with van der Waals surface area (Å²) in [4.78, 5) is 35.5. The highest BCUT2D eigenvalue weighted by Gasteiger charge is 2.34. The fourth-order valence-electron chi connectivity index (χ4n) is 2.02. The molecule has 9 heteroatoms. The summed E-state index contributed by atoms with van der Waals surface area (Å²) in [5.74, 6) is -2.95. The van der Waals surface area contributed by atoms with Crippen LogP contribution in [0.4, 0.5) is 13.2 Å². The topological polar surface area (TPSA) is 86.7 Å². The number of halogens is 3. The number of rotatable bonds is 7. The van der Waals surface area contributed by atoms with Crippen molar-refractivity contribution in [2.45, 2.75) is 19.5 Å². The van der Waals surface area contributed by atoms with Crippen LogP contribution in [0.3, 0.4) is 0 Å². The second-order valence-electron chi connectivity index (χ2n) is 4.94. The van der Waals surface area contributed by atoms with E-state index >= 15 is 0 Å². The summed E-state index contributed by atoms with van der Waals surface area (Å²) in [7, 11) is 0. The summed E-state index contributed by atoms with van der Waals surface area (Å²) < 4.78 is 38.6. The summed E-state index contributed by atoms with van der Waals surface area (Å²) in [5, 5.41) is 10.8. The van der Waals surface area contributed by atoms with E-state index < -0.39 is 48.2 Å². The lowest BCUT2D eigenvalue weighted by Gasteiger charge is -2.20. The van der Waals surface area contributed by atoms with Gasteiger partial charge in [0.1, 0.15) is 6.54 Å². The number of amides is 2. The zero-order valence-corrected chi connectivity index (χ0v) is 12.9. The van der Waals surface area contributed by atoms with Gasteiger partial charge in [-0.25, -0.2) is 0 Å². The van der Waals surface area contributed by atoms with Gasteiger partial charge in [-0.2, -0.15) is 13.2 Å². The molecule has 0 aliphatic rings. The number of alkyl halides is 3. The summed E-state index contributed by atoms with van der Waals surface area (Å²) in [6.07, 6.45) is -4.20. The van der Waals surface area contributed by atoms with E-state index in [1.165, 1.54) is 6.07 Å². The van der Waals surface area contributed by atoms with Crippen LogP contribution in [0.25, 0.3) is 0 Å². The van der Waals surface area contributed by atoms with Gasteiger partial charge in [0.2, 0.25) is 5.91 Å². The fraction of sp³-hybridized carbons (Fsp3) is 0.400. The third-order valence-corrected chi connectivity index (χ3v) is 3.05. The van der Waals surface area contributed by atoms with Gasteiger partial charge < -0.3 is 15.3 Å². The van der Waals surface area contributed by atoms with Crippen LogP contribution in [-0.4, -0.2) is 47.4 Å². The van der Waals surface area contributed by atoms with Crippen LogP contribution in [0.15, 0.2) is 24.3 Å². The van der Waals surface area contributed by atoms with Crippen molar-refractivity contribution in [3.05, 3.63) is 35.4 Å². The minimum absolute atomic E-state index is 0.167. The molecule has 0 saturated heterocycles. The third-order valence-electron chi connectivity index (χ3n) is 3.05. The monoisotopic (exact) mass is 346 g/mol. The average Bonchev–Trinajstić information content (AvgIpc) is 2.50. The first-order valence-corrected chi connectivity index (χ1v) is 7.10. The van der Waals surface area contributed by atoms with E-state index in [-0.39, 0.29) is 6.54 Å². The predicted molar refractivity (Wildman–Crippen MR) is 78.3 cm³/mol. The Morgan fingerprint density at radius 3 is 2.38 bits per heavy atom. The molecule has 24 heavy (non-hydrogen) atoms. The van der Waals surface area contributed by atoms with Gasteiger partial charge in [0.05, 0.1) is 17.7 Å². The van der Waals surface area contributed by atoms with Crippen molar-refractivity contribution in [1.29, 1.82) is 0 Å². The van der Waals surface area contributed by atoms with Gasteiger partial charge in [0.25, 0.3) is 5.91 Å². The number of aliphatic carboxylic acids is 1. The highest BCUT2D eigenvalue weighted by Crippen LogP contribution is 2.31. The van der Waals surface area contributed by atoms with E-state index in [2.05, 4.69) is 5.32 Å². The number of nitrogens with zero attached hydrogens (tertiary/aromatic N) is 1. The van der Waals surface area contributed by atoms with Crippen molar-refractivity contribution < 1.29 is 32.7 Å². The van der Waals surface area contributed by atoms with Crippen molar-refractivity contribution in [1.82, 2.24) is 10.2 Å². The van der Waals surface area contributed by atoms with Crippen molar-refractivity contribution in [2.75, 3.05) is 19.6 Å². The lowest BCUT2D eigenvalue weighted by atomic mass is 10.1. The molecule has 0 saturated carbocycles. The molecule has 1 aromatic rings. The molecule has 0 unspecified atom stereocenters. The molecule has 0 spiro atoms. The SMILES string of the molecule is CCCN(CC(=O)O)C(=O)CNC(=O)c1ccccc1C(F)(F)F. The summed E-state index contributed by atoms with van der Waals surface area (Å²) >= 11 is 0. The molecule has 2 N–H and O–H groups in total. The molecule has 0 aromatic heterocycles. The number of carbonyl (C=O) groups excluding carboxylic acids is 2. The van der Waals surface area contributed by atoms with Crippen LogP contribution >= 0.6 is 0 Å². The molecular weight excluding hydrogens is 329 g/mol. The van der Waals surface area contributed by atoms with Crippen LogP contribution in [0.1, 0.15) is 29.3 Å². The minimum atomic E-state index is -4.70. The van der Waals surface area contributed by atoms with Crippen molar-refractivity contribution in [3.8, 4) is 0 Å². The smallest absolute Gasteiger partial charge is 0.417 e. The zero-order valence-electron chi connectivity index (χ0n) is 12.9. The normalized spacial score (nSPS) is 11.0. The molecule has 0 heterocycles. The van der Waals surface area contributed by atoms with E-state index in [0.29, 0.717) is 6.42 Å². The van der Waals surface area contributed by atoms with E-state index in [0.717, 1.165) is 23.1 Å². The van der Waals surface area contributed by atoms with Crippen LogP contribution in [-0.2, 0) is 15.8 Å². The summed E-state index contributed by atoms with van der Waals surface area (Å²) in [6, 6.07) is 4.20. The van der Waals surface area contributed by atoms with Crippen LogP contribution in [0.5, 0.6) is 0 Å². The van der Waals surface area contributed by atoms with Gasteiger partial charge in [-0.15, -0.1) is 0 Å². The molecule has 1 rings (SSSR count). The van der Waals surface area contributed by atoms with E-state index in [1.807, 2.05) is 0 Å². The average molecular weight is 346 g/mol. The molecule has 2 amide bonds. The molecular formula is C15H17F3N2O4. The lowest BCUT2D eigenvalue weighted by Crippen LogP contribution is -2.43. The largest absolute Gasteiger partial charge is 0.480 e. The van der Waals surface area contributed by atoms with E-state index in [4.69, 9.17) is 5.11 Å². The maximum absolute atomic E-state index is 12.9. The Hall–Kier alpha value is -2.58. The highest BCUT2D eigenvalue weighted by atomic mass is 19.4. The van der Waals surface area contributed by atoms with Gasteiger partial charge in [-0.05, 0) is 18.6 Å². The van der Waals surface area contributed by atoms with Gasteiger partial charge in [-0.3, -0.25) is 14.4 Å². The molecule has 0 aliphatic carbocycles. The number of nitrogens with one attached hydrogen (secondary N) is 1. The first-order chi connectivity index (χ1) is 11.2. The molecule has 132 valence electrons. The molecule has 0 atom stereocenters. The molecule has 0 bridgehead atoms. The number of carboxylic acids is 1. The van der Waals surface area contributed by atoms with Gasteiger partial charge in [-0.1, -0.05) is 19.1 Å². The molecule has 0 radical (unpaired) electrons. The van der Waals surface area contributed by atoms with Crippen LogP contribution < -0.4 is 5.32 Å². The maximum atomic E-state index is 12.9. The molecule has 6 nitrogen and oxygen atoms in total. The molecule has 1 aromatic carbocycles. The van der Waals surface area contributed by atoms with Gasteiger partial charge in [0, 0.05) is 6.54 Å². The Bertz CT molecular complexity index is 617. The minimum Gasteiger partial charge on any atom is -0.480 e. The molecule has 0 aliphatic heterocycles. The lowest BCUT2D eigenvalue weighted by molar-refractivity contribution is -0.144. The van der Waals surface area contributed by atoms with Crippen LogP contribution in [0, 0.1) is 0 Å². The van der Waals surface area contributed by atoms with Crippen molar-refractivity contribution in [3.63, 3.8) is 0 Å². The Labute approximate surface area is 136 Å². The number of hydrogen-bond acceptors (Lipinski definition) is 3. The Morgan fingerprint density at radius 1 is 1.21 bits per heavy atom. The van der Waals surface area contributed by atoms with Gasteiger partial charge in [0.15, 0.2) is 0 Å². The number of carbonyl (C=O) groups is 3. The summed E-state index contributed by atoms with van der Waals surface area (Å²) in [6.45, 7) is 0.778. The van der Waals surface area contributed by atoms with Crippen LogP contribution in [0.2, 0.25) is 0 Å². The first-order valence-electron chi connectivity index (χ1n) is 7.10. The van der Waals surface area contributed by atoms with Gasteiger partial charge >= 0.3 is 12.1 Å². The van der Waals surface area contributed by atoms with E-state index in [9.17, 15) is 27.6 Å². The standard InChI is InChI=1S/C15H17F3N2O4/c1-2-7-20(9-13(22)23)12(21)8-19-14(24)10-5-3-4-6-11(10)15(16,17)18/h3-6H,2,7-9H2,1H3,(H,19,24)(H,22,23). The Morgan fingerprint density at radius 2 is 1.83 bits per heavy atom. The second kappa shape index (κ2) is 8.32. The first kappa shape index (κ1) is 19.5. The number of carboxylic acid groups (broad SMARTS) is 1. The van der Waals surface area contributed by atoms with E-state index in [1.54, 1.807) is 6.92 Å². The highest BCUT2D eigenvalue weighted by molar-refractivity contribution is 5.98. The Kier molecular flexibility index (Phi) is 6.75. The Balaban J connectivity index is 2.79. The summed E-state index contributed by atoms with van der Waals surface area (Å²) in [5.41, 5.74) is -1.70. The number of hydrogen-bond donors (Lipinski definition) is 2. The van der Waals surface area contributed by atoms with Crippen molar-refractivity contribution >= 4 is 17.8 Å². The second-order valence-corrected chi connectivity index (χ2v) is 4.94.